The molecule has 1 aromatic carbocycles. The molecule has 0 heterocycles. The van der Waals surface area contributed by atoms with E-state index in [0.717, 1.165) is 13.0 Å². The summed E-state index contributed by atoms with van der Waals surface area (Å²) < 4.78 is 0. The predicted molar refractivity (Wildman–Crippen MR) is 51.8 cm³/mol. The summed E-state index contributed by atoms with van der Waals surface area (Å²) in [7, 11) is 0. The third-order valence-corrected chi connectivity index (χ3v) is 2.04. The van der Waals surface area contributed by atoms with E-state index < -0.39 is 0 Å². The fraction of sp³-hybridized carbons (Fsp3) is 0.400. The number of hydrazine groups is 1. The molecule has 2 heteroatoms. The molecule has 12 heavy (non-hydrogen) atoms. The summed E-state index contributed by atoms with van der Waals surface area (Å²) in [6.07, 6.45) is 1.00. The highest BCUT2D eigenvalue weighted by molar-refractivity contribution is 5.30. The molecule has 0 spiro atoms. The van der Waals surface area contributed by atoms with Crippen molar-refractivity contribution in [1.29, 1.82) is 0 Å². The molecule has 0 amide bonds. The minimum atomic E-state index is 0.838. The fourth-order valence-corrected chi connectivity index (χ4v) is 1.28. The first kappa shape index (κ1) is 9.23. The van der Waals surface area contributed by atoms with Gasteiger partial charge in [0, 0.05) is 6.54 Å². The van der Waals surface area contributed by atoms with Gasteiger partial charge in [-0.15, -0.1) is 0 Å². The second-order valence-corrected chi connectivity index (χ2v) is 3.13. The van der Waals surface area contributed by atoms with Gasteiger partial charge >= 0.3 is 0 Å². The molecule has 0 bridgehead atoms. The van der Waals surface area contributed by atoms with E-state index in [0.29, 0.717) is 0 Å². The van der Waals surface area contributed by atoms with E-state index in [1.807, 2.05) is 0 Å². The van der Waals surface area contributed by atoms with Crippen molar-refractivity contribution < 1.29 is 0 Å². The Labute approximate surface area is 73.8 Å². The van der Waals surface area contributed by atoms with Gasteiger partial charge in [0.25, 0.3) is 0 Å². The van der Waals surface area contributed by atoms with Crippen molar-refractivity contribution in [2.45, 2.75) is 20.3 Å². The summed E-state index contributed by atoms with van der Waals surface area (Å²) in [6, 6.07) is 6.50. The lowest BCUT2D eigenvalue weighted by Crippen LogP contribution is -2.24. The van der Waals surface area contributed by atoms with Gasteiger partial charge in [-0.1, -0.05) is 23.8 Å². The molecule has 66 valence electrons. The van der Waals surface area contributed by atoms with Gasteiger partial charge in [0.05, 0.1) is 0 Å². The van der Waals surface area contributed by atoms with Crippen LogP contribution in [0.5, 0.6) is 0 Å². The zero-order valence-electron chi connectivity index (χ0n) is 7.72. The highest BCUT2D eigenvalue weighted by Crippen LogP contribution is 2.10. The van der Waals surface area contributed by atoms with Crippen molar-refractivity contribution in [2.24, 2.45) is 5.84 Å². The molecule has 0 atom stereocenters. The normalized spacial score (nSPS) is 10.2. The molecule has 2 nitrogen and oxygen atoms in total. The summed E-state index contributed by atoms with van der Waals surface area (Å²) in [6.45, 7) is 5.08. The summed E-state index contributed by atoms with van der Waals surface area (Å²) in [4.78, 5) is 0. The van der Waals surface area contributed by atoms with Crippen LogP contribution in [0.25, 0.3) is 0 Å². The molecule has 0 aromatic heterocycles. The Morgan fingerprint density at radius 1 is 1.33 bits per heavy atom. The Hall–Kier alpha value is -0.860. The van der Waals surface area contributed by atoms with Gasteiger partial charge in [-0.2, -0.15) is 0 Å². The van der Waals surface area contributed by atoms with Crippen LogP contribution < -0.4 is 11.3 Å². The van der Waals surface area contributed by atoms with Crippen LogP contribution in [-0.4, -0.2) is 6.54 Å². The molecular formula is C10H16N2. The summed E-state index contributed by atoms with van der Waals surface area (Å²) >= 11 is 0. The molecule has 0 aliphatic carbocycles. The lowest BCUT2D eigenvalue weighted by atomic mass is 10.0. The Morgan fingerprint density at radius 2 is 2.08 bits per heavy atom. The Morgan fingerprint density at radius 3 is 2.75 bits per heavy atom. The topological polar surface area (TPSA) is 38.0 Å². The maximum atomic E-state index is 5.21. The number of nitrogens with one attached hydrogen (secondary N) is 1. The van der Waals surface area contributed by atoms with E-state index in [1.54, 1.807) is 0 Å². The van der Waals surface area contributed by atoms with Gasteiger partial charge in [-0.3, -0.25) is 11.3 Å². The largest absolute Gasteiger partial charge is 0.271 e. The lowest BCUT2D eigenvalue weighted by Gasteiger charge is -2.05. The number of nitrogens with two attached hydrogens (primary N) is 1. The van der Waals surface area contributed by atoms with E-state index in [-0.39, 0.29) is 0 Å². The SMILES string of the molecule is Cc1ccc(C)c(CCNN)c1. The second-order valence-electron chi connectivity index (χ2n) is 3.13. The Bertz CT molecular complexity index is 256. The van der Waals surface area contributed by atoms with E-state index >= 15 is 0 Å². The molecule has 1 rings (SSSR count). The molecule has 0 saturated carbocycles. The van der Waals surface area contributed by atoms with Gasteiger partial charge in [0.2, 0.25) is 0 Å². The van der Waals surface area contributed by atoms with Gasteiger partial charge in [-0.25, -0.2) is 0 Å². The maximum Gasteiger partial charge on any atom is 0.0138 e. The summed E-state index contributed by atoms with van der Waals surface area (Å²) in [5.41, 5.74) is 6.70. The highest BCUT2D eigenvalue weighted by atomic mass is 15.2. The number of hydrogen-bond donors (Lipinski definition) is 2. The minimum absolute atomic E-state index is 0.838. The first-order chi connectivity index (χ1) is 5.74. The first-order valence-electron chi connectivity index (χ1n) is 4.23. The highest BCUT2D eigenvalue weighted by Gasteiger charge is 1.96. The first-order valence-corrected chi connectivity index (χ1v) is 4.23. The second kappa shape index (κ2) is 4.24. The summed E-state index contributed by atoms with van der Waals surface area (Å²) in [5.74, 6) is 5.21. The quantitative estimate of drug-likeness (QED) is 0.522. The average Bonchev–Trinajstić information content (AvgIpc) is 2.07. The van der Waals surface area contributed by atoms with Crippen LogP contribution in [-0.2, 0) is 6.42 Å². The van der Waals surface area contributed by atoms with Crippen molar-refractivity contribution in [3.05, 3.63) is 34.9 Å². The van der Waals surface area contributed by atoms with Crippen molar-refractivity contribution >= 4 is 0 Å². The van der Waals surface area contributed by atoms with Crippen molar-refractivity contribution in [1.82, 2.24) is 5.43 Å². The van der Waals surface area contributed by atoms with Crippen LogP contribution in [0.2, 0.25) is 0 Å². The molecule has 0 aliphatic heterocycles. The van der Waals surface area contributed by atoms with Crippen LogP contribution in [0.15, 0.2) is 18.2 Å². The number of hydrogen-bond acceptors (Lipinski definition) is 2. The van der Waals surface area contributed by atoms with Crippen molar-refractivity contribution in [3.63, 3.8) is 0 Å². The minimum Gasteiger partial charge on any atom is -0.271 e. The summed E-state index contributed by atoms with van der Waals surface area (Å²) in [5, 5.41) is 0. The van der Waals surface area contributed by atoms with E-state index in [4.69, 9.17) is 5.84 Å². The van der Waals surface area contributed by atoms with Gasteiger partial charge in [0.1, 0.15) is 0 Å². The van der Waals surface area contributed by atoms with Gasteiger partial charge in [0.15, 0.2) is 0 Å². The zero-order chi connectivity index (χ0) is 8.97. The number of rotatable bonds is 3. The predicted octanol–water partition coefficient (Wildman–Crippen LogP) is 1.31. The van der Waals surface area contributed by atoms with E-state index in [1.165, 1.54) is 16.7 Å². The third kappa shape index (κ3) is 2.32. The standard InChI is InChI=1S/C10H16N2/c1-8-3-4-9(2)10(7-8)5-6-12-11/h3-4,7,12H,5-6,11H2,1-2H3. The maximum absolute atomic E-state index is 5.21. The molecular weight excluding hydrogens is 148 g/mol. The lowest BCUT2D eigenvalue weighted by molar-refractivity contribution is 0.726. The molecule has 0 radical (unpaired) electrons. The smallest absolute Gasteiger partial charge is 0.0138 e. The Balaban J connectivity index is 2.75. The van der Waals surface area contributed by atoms with Crippen molar-refractivity contribution in [3.8, 4) is 0 Å². The van der Waals surface area contributed by atoms with E-state index in [2.05, 4.69) is 37.5 Å². The zero-order valence-corrected chi connectivity index (χ0v) is 7.72. The van der Waals surface area contributed by atoms with Crippen LogP contribution >= 0.6 is 0 Å². The van der Waals surface area contributed by atoms with Crippen molar-refractivity contribution in [2.75, 3.05) is 6.54 Å². The monoisotopic (exact) mass is 164 g/mol. The van der Waals surface area contributed by atoms with Gasteiger partial charge in [-0.05, 0) is 31.4 Å². The molecule has 0 aliphatic rings. The van der Waals surface area contributed by atoms with Crippen LogP contribution in [0, 0.1) is 13.8 Å². The van der Waals surface area contributed by atoms with Gasteiger partial charge < -0.3 is 0 Å². The number of aryl methyl sites for hydroxylation is 2. The average molecular weight is 164 g/mol. The molecule has 0 saturated heterocycles. The fourth-order valence-electron chi connectivity index (χ4n) is 1.28. The van der Waals surface area contributed by atoms with Crippen LogP contribution in [0.3, 0.4) is 0 Å². The third-order valence-electron chi connectivity index (χ3n) is 2.04. The van der Waals surface area contributed by atoms with Crippen LogP contribution in [0.1, 0.15) is 16.7 Å². The Kier molecular flexibility index (Phi) is 3.26. The number of benzene rings is 1. The molecule has 3 N–H and O–H groups in total. The van der Waals surface area contributed by atoms with E-state index in [9.17, 15) is 0 Å². The molecule has 0 unspecified atom stereocenters. The molecule has 0 fully saturated rings. The molecule has 1 aromatic rings. The van der Waals surface area contributed by atoms with Crippen LogP contribution in [0.4, 0.5) is 0 Å².